The van der Waals surface area contributed by atoms with Crippen LogP contribution in [0, 0.1) is 0 Å². The van der Waals surface area contributed by atoms with Gasteiger partial charge < -0.3 is 10.2 Å². The molecule has 0 atom stereocenters. The van der Waals surface area contributed by atoms with Crippen molar-refractivity contribution in [3.8, 4) is 0 Å². The summed E-state index contributed by atoms with van der Waals surface area (Å²) in [6.45, 7) is 0. The van der Waals surface area contributed by atoms with Crippen LogP contribution in [0.3, 0.4) is 0 Å². The maximum absolute atomic E-state index is 12.1. The Morgan fingerprint density at radius 3 is 2.74 bits per heavy atom. The number of carbonyl (C=O) groups excluding carboxylic acids is 1. The molecule has 0 bridgehead atoms. The summed E-state index contributed by atoms with van der Waals surface area (Å²) in [5.41, 5.74) is 2.19. The highest BCUT2D eigenvalue weighted by Crippen LogP contribution is 2.16. The molecule has 0 spiro atoms. The van der Waals surface area contributed by atoms with Gasteiger partial charge in [0.15, 0.2) is 0 Å². The van der Waals surface area contributed by atoms with E-state index in [0.717, 1.165) is 5.69 Å². The van der Waals surface area contributed by atoms with E-state index in [1.165, 1.54) is 0 Å². The van der Waals surface area contributed by atoms with Crippen molar-refractivity contribution in [2.24, 2.45) is 0 Å². The van der Waals surface area contributed by atoms with Gasteiger partial charge in [0.2, 0.25) is 0 Å². The van der Waals surface area contributed by atoms with E-state index in [2.05, 4.69) is 10.3 Å². The van der Waals surface area contributed by atoms with Crippen molar-refractivity contribution >= 4 is 28.9 Å². The van der Waals surface area contributed by atoms with Crippen molar-refractivity contribution in [3.05, 3.63) is 53.3 Å². The number of hydrogen-bond donors (Lipinski definition) is 1. The zero-order chi connectivity index (χ0) is 13.8. The number of nitrogens with one attached hydrogen (secondary N) is 1. The van der Waals surface area contributed by atoms with Crippen molar-refractivity contribution < 1.29 is 4.79 Å². The summed E-state index contributed by atoms with van der Waals surface area (Å²) in [6.07, 6.45) is 1.55. The zero-order valence-corrected chi connectivity index (χ0v) is 11.5. The quantitative estimate of drug-likeness (QED) is 0.876. The summed E-state index contributed by atoms with van der Waals surface area (Å²) in [6, 6.07) is 10.7. The van der Waals surface area contributed by atoms with E-state index in [0.29, 0.717) is 16.4 Å². The maximum Gasteiger partial charge on any atom is 0.255 e. The van der Waals surface area contributed by atoms with Gasteiger partial charge in [-0.05, 0) is 30.3 Å². The van der Waals surface area contributed by atoms with Gasteiger partial charge in [0.25, 0.3) is 5.91 Å². The molecule has 0 aliphatic heterocycles. The first-order valence-corrected chi connectivity index (χ1v) is 6.14. The monoisotopic (exact) mass is 275 g/mol. The molecule has 1 heterocycles. The summed E-state index contributed by atoms with van der Waals surface area (Å²) < 4.78 is 0. The van der Waals surface area contributed by atoms with E-state index in [1.54, 1.807) is 24.4 Å². The number of amides is 1. The molecule has 0 radical (unpaired) electrons. The Morgan fingerprint density at radius 1 is 1.26 bits per heavy atom. The molecule has 19 heavy (non-hydrogen) atoms. The predicted molar refractivity (Wildman–Crippen MR) is 78.0 cm³/mol. The Hall–Kier alpha value is -2.07. The molecule has 0 aliphatic carbocycles. The first kappa shape index (κ1) is 13.4. The minimum absolute atomic E-state index is 0.175. The molecule has 0 saturated carbocycles. The molecular weight excluding hydrogens is 262 g/mol. The predicted octanol–water partition coefficient (Wildman–Crippen LogP) is 3.05. The van der Waals surface area contributed by atoms with E-state index in [-0.39, 0.29) is 5.91 Å². The molecule has 98 valence electrons. The van der Waals surface area contributed by atoms with Crippen LogP contribution >= 0.6 is 11.6 Å². The minimum atomic E-state index is -0.175. The van der Waals surface area contributed by atoms with Crippen LogP contribution in [-0.2, 0) is 0 Å². The lowest BCUT2D eigenvalue weighted by Crippen LogP contribution is -2.14. The summed E-state index contributed by atoms with van der Waals surface area (Å²) in [5.74, 6) is -0.175. The van der Waals surface area contributed by atoms with Crippen LogP contribution in [0.2, 0.25) is 5.15 Å². The van der Waals surface area contributed by atoms with Gasteiger partial charge in [0, 0.05) is 37.2 Å². The van der Waals surface area contributed by atoms with Gasteiger partial charge in [-0.1, -0.05) is 17.7 Å². The number of hydrogen-bond acceptors (Lipinski definition) is 3. The molecule has 0 fully saturated rings. The third-order valence-electron chi connectivity index (χ3n) is 2.61. The molecule has 1 amide bonds. The molecule has 1 aromatic carbocycles. The van der Waals surface area contributed by atoms with Gasteiger partial charge in [-0.15, -0.1) is 0 Å². The molecule has 5 heteroatoms. The molecule has 1 N–H and O–H groups in total. The first-order valence-electron chi connectivity index (χ1n) is 5.76. The normalized spacial score (nSPS) is 10.1. The van der Waals surface area contributed by atoms with E-state index in [4.69, 9.17) is 11.6 Å². The maximum atomic E-state index is 12.1. The van der Waals surface area contributed by atoms with Crippen molar-refractivity contribution in [2.45, 2.75) is 0 Å². The van der Waals surface area contributed by atoms with E-state index in [9.17, 15) is 4.79 Å². The lowest BCUT2D eigenvalue weighted by molar-refractivity contribution is 0.102. The number of anilines is 2. The minimum Gasteiger partial charge on any atom is -0.378 e. The highest BCUT2D eigenvalue weighted by atomic mass is 35.5. The van der Waals surface area contributed by atoms with Gasteiger partial charge in [-0.2, -0.15) is 0 Å². The van der Waals surface area contributed by atoms with Crippen LogP contribution in [0.4, 0.5) is 11.4 Å². The van der Waals surface area contributed by atoms with Crippen LogP contribution < -0.4 is 10.2 Å². The van der Waals surface area contributed by atoms with Gasteiger partial charge >= 0.3 is 0 Å². The fourth-order valence-corrected chi connectivity index (χ4v) is 1.78. The molecule has 4 nitrogen and oxygen atoms in total. The zero-order valence-electron chi connectivity index (χ0n) is 10.7. The van der Waals surface area contributed by atoms with Crippen molar-refractivity contribution in [2.75, 3.05) is 24.3 Å². The Morgan fingerprint density at radius 2 is 2.05 bits per heavy atom. The SMILES string of the molecule is CN(C)c1cccc(C(=O)Nc2ccnc(Cl)c2)c1. The van der Waals surface area contributed by atoms with Crippen LogP contribution in [0.25, 0.3) is 0 Å². The Bertz CT molecular complexity index is 599. The van der Waals surface area contributed by atoms with E-state index < -0.39 is 0 Å². The molecule has 0 unspecified atom stereocenters. The number of carbonyl (C=O) groups is 1. The van der Waals surface area contributed by atoms with Crippen LogP contribution in [0.5, 0.6) is 0 Å². The smallest absolute Gasteiger partial charge is 0.255 e. The van der Waals surface area contributed by atoms with Crippen molar-refractivity contribution in [1.29, 1.82) is 0 Å². The molecule has 0 saturated heterocycles. The summed E-state index contributed by atoms with van der Waals surface area (Å²) in [4.78, 5) is 17.9. The Labute approximate surface area is 117 Å². The third-order valence-corrected chi connectivity index (χ3v) is 2.82. The van der Waals surface area contributed by atoms with Crippen molar-refractivity contribution in [1.82, 2.24) is 4.98 Å². The lowest BCUT2D eigenvalue weighted by Gasteiger charge is -2.13. The Kier molecular flexibility index (Phi) is 4.02. The number of halogens is 1. The molecular formula is C14H14ClN3O. The molecule has 0 aliphatic rings. The van der Waals surface area contributed by atoms with Crippen LogP contribution in [-0.4, -0.2) is 25.0 Å². The summed E-state index contributed by atoms with van der Waals surface area (Å²) in [5, 5.41) is 3.13. The topological polar surface area (TPSA) is 45.2 Å². The summed E-state index contributed by atoms with van der Waals surface area (Å²) in [7, 11) is 3.86. The van der Waals surface area contributed by atoms with Gasteiger partial charge in [-0.3, -0.25) is 4.79 Å². The number of pyridine rings is 1. The average Bonchev–Trinajstić information content (AvgIpc) is 2.39. The largest absolute Gasteiger partial charge is 0.378 e. The second-order valence-electron chi connectivity index (χ2n) is 4.27. The van der Waals surface area contributed by atoms with Gasteiger partial charge in [0.05, 0.1) is 0 Å². The Balaban J connectivity index is 2.18. The average molecular weight is 276 g/mol. The number of nitrogens with zero attached hydrogens (tertiary/aromatic N) is 2. The fraction of sp³-hybridized carbons (Fsp3) is 0.143. The standard InChI is InChI=1S/C14H14ClN3O/c1-18(2)12-5-3-4-10(8-12)14(19)17-11-6-7-16-13(15)9-11/h3-9H,1-2H3,(H,16,17,19). The van der Waals surface area contributed by atoms with Crippen LogP contribution in [0.1, 0.15) is 10.4 Å². The van der Waals surface area contributed by atoms with E-state index in [1.807, 2.05) is 37.2 Å². The van der Waals surface area contributed by atoms with Gasteiger partial charge in [0.1, 0.15) is 5.15 Å². The molecule has 2 aromatic rings. The highest BCUT2D eigenvalue weighted by molar-refractivity contribution is 6.29. The second kappa shape index (κ2) is 5.71. The highest BCUT2D eigenvalue weighted by Gasteiger charge is 2.07. The lowest BCUT2D eigenvalue weighted by atomic mass is 10.2. The van der Waals surface area contributed by atoms with Crippen LogP contribution in [0.15, 0.2) is 42.6 Å². The first-order chi connectivity index (χ1) is 9.06. The summed E-state index contributed by atoms with van der Waals surface area (Å²) >= 11 is 5.77. The number of aromatic nitrogens is 1. The van der Waals surface area contributed by atoms with E-state index >= 15 is 0 Å². The third kappa shape index (κ3) is 3.45. The fourth-order valence-electron chi connectivity index (χ4n) is 1.61. The number of rotatable bonds is 3. The molecule has 1 aromatic heterocycles. The number of benzene rings is 1. The van der Waals surface area contributed by atoms with Gasteiger partial charge in [-0.25, -0.2) is 4.98 Å². The second-order valence-corrected chi connectivity index (χ2v) is 4.65. The van der Waals surface area contributed by atoms with Crippen molar-refractivity contribution in [3.63, 3.8) is 0 Å². The molecule has 2 rings (SSSR count).